The molecule has 0 bridgehead atoms. The Balaban J connectivity index is 1.91. The van der Waals surface area contributed by atoms with E-state index in [2.05, 4.69) is 32.3 Å². The largest absolute Gasteiger partial charge is 0.365 e. The Morgan fingerprint density at radius 1 is 1.20 bits per heavy atom. The van der Waals surface area contributed by atoms with Crippen molar-refractivity contribution in [2.75, 3.05) is 5.32 Å². The lowest BCUT2D eigenvalue weighted by atomic mass is 10.2. The molecule has 0 fully saturated rings. The fourth-order valence-corrected chi connectivity index (χ4v) is 2.28. The maximum absolute atomic E-state index is 4.42. The summed E-state index contributed by atoms with van der Waals surface area (Å²) in [5, 5.41) is 8.70. The monoisotopic (exact) mass is 268 g/mol. The zero-order chi connectivity index (χ0) is 14.1. The van der Waals surface area contributed by atoms with Gasteiger partial charge in [0, 0.05) is 31.0 Å². The third-order valence-corrected chi connectivity index (χ3v) is 3.50. The second-order valence-corrected chi connectivity index (χ2v) is 4.72. The second-order valence-electron chi connectivity index (χ2n) is 4.72. The first kappa shape index (κ1) is 12.5. The van der Waals surface area contributed by atoms with Gasteiger partial charge in [0.2, 0.25) is 0 Å². The van der Waals surface area contributed by atoms with Crippen LogP contribution in [-0.2, 0) is 13.6 Å². The fraction of sp³-hybridized carbons (Fsp3) is 0.286. The van der Waals surface area contributed by atoms with Gasteiger partial charge >= 0.3 is 0 Å². The van der Waals surface area contributed by atoms with E-state index >= 15 is 0 Å². The molecule has 0 aliphatic carbocycles. The zero-order valence-electron chi connectivity index (χ0n) is 11.8. The molecule has 0 saturated carbocycles. The highest BCUT2D eigenvalue weighted by Crippen LogP contribution is 2.19. The van der Waals surface area contributed by atoms with Gasteiger partial charge in [-0.3, -0.25) is 4.68 Å². The Bertz CT molecular complexity index is 756. The summed E-state index contributed by atoms with van der Waals surface area (Å²) in [4.78, 5) is 12.7. The average molecular weight is 268 g/mol. The van der Waals surface area contributed by atoms with Crippen LogP contribution in [0.4, 0.5) is 5.82 Å². The van der Waals surface area contributed by atoms with Gasteiger partial charge in [-0.15, -0.1) is 0 Å². The van der Waals surface area contributed by atoms with E-state index in [-0.39, 0.29) is 0 Å². The smallest absolute Gasteiger partial charge is 0.164 e. The van der Waals surface area contributed by atoms with Gasteiger partial charge in [-0.05, 0) is 26.0 Å². The lowest BCUT2D eigenvalue weighted by Gasteiger charge is -2.08. The van der Waals surface area contributed by atoms with Crippen LogP contribution in [0, 0.1) is 13.8 Å². The first-order valence-corrected chi connectivity index (χ1v) is 6.45. The predicted molar refractivity (Wildman–Crippen MR) is 77.3 cm³/mol. The normalized spacial score (nSPS) is 10.9. The molecule has 1 N–H and O–H groups in total. The summed E-state index contributed by atoms with van der Waals surface area (Å²) in [6, 6.07) is 3.85. The standard InChI is InChI=1S/C14H16N6/c1-9-12(10(2)20(3)19-9)7-16-14-11-5-4-6-15-13(11)17-8-18-14/h4-6,8H,7H2,1-3H3,(H,15,16,17,18). The van der Waals surface area contributed by atoms with Gasteiger partial charge in [-0.2, -0.15) is 5.10 Å². The highest BCUT2D eigenvalue weighted by molar-refractivity contribution is 5.85. The van der Waals surface area contributed by atoms with Crippen molar-refractivity contribution in [2.24, 2.45) is 7.05 Å². The molecule has 3 aromatic rings. The van der Waals surface area contributed by atoms with Crippen molar-refractivity contribution < 1.29 is 0 Å². The zero-order valence-corrected chi connectivity index (χ0v) is 11.8. The maximum Gasteiger partial charge on any atom is 0.164 e. The minimum Gasteiger partial charge on any atom is -0.365 e. The lowest BCUT2D eigenvalue weighted by Crippen LogP contribution is -2.05. The maximum atomic E-state index is 4.42. The Morgan fingerprint density at radius 3 is 2.80 bits per heavy atom. The Morgan fingerprint density at radius 2 is 2.05 bits per heavy atom. The van der Waals surface area contributed by atoms with Crippen molar-refractivity contribution in [3.05, 3.63) is 41.6 Å². The quantitative estimate of drug-likeness (QED) is 0.786. The molecule has 20 heavy (non-hydrogen) atoms. The van der Waals surface area contributed by atoms with E-state index in [1.54, 1.807) is 6.20 Å². The number of nitrogens with one attached hydrogen (secondary N) is 1. The fourth-order valence-electron chi connectivity index (χ4n) is 2.28. The number of hydrogen-bond acceptors (Lipinski definition) is 5. The van der Waals surface area contributed by atoms with Gasteiger partial charge in [-0.25, -0.2) is 15.0 Å². The van der Waals surface area contributed by atoms with Crippen molar-refractivity contribution in [1.29, 1.82) is 0 Å². The number of anilines is 1. The molecule has 3 rings (SSSR count). The molecule has 0 atom stereocenters. The minimum atomic E-state index is 0.687. The van der Waals surface area contributed by atoms with Crippen LogP contribution in [0.5, 0.6) is 0 Å². The molecule has 3 aromatic heterocycles. The number of aromatic nitrogens is 5. The minimum absolute atomic E-state index is 0.687. The van der Waals surface area contributed by atoms with Crippen LogP contribution in [-0.4, -0.2) is 24.7 Å². The van der Waals surface area contributed by atoms with Crippen LogP contribution >= 0.6 is 0 Å². The summed E-state index contributed by atoms with van der Waals surface area (Å²) in [7, 11) is 1.95. The summed E-state index contributed by atoms with van der Waals surface area (Å²) >= 11 is 0. The van der Waals surface area contributed by atoms with E-state index < -0.39 is 0 Å². The molecule has 6 heteroatoms. The summed E-state index contributed by atoms with van der Waals surface area (Å²) in [6.45, 7) is 4.77. The van der Waals surface area contributed by atoms with Gasteiger partial charge in [0.25, 0.3) is 0 Å². The van der Waals surface area contributed by atoms with Crippen molar-refractivity contribution >= 4 is 16.9 Å². The molecule has 102 valence electrons. The van der Waals surface area contributed by atoms with Gasteiger partial charge in [0.05, 0.1) is 11.1 Å². The van der Waals surface area contributed by atoms with Crippen molar-refractivity contribution in [2.45, 2.75) is 20.4 Å². The van der Waals surface area contributed by atoms with Gasteiger partial charge < -0.3 is 5.32 Å². The second kappa shape index (κ2) is 4.88. The molecule has 0 aliphatic rings. The predicted octanol–water partition coefficient (Wildman–Crippen LogP) is 1.99. The van der Waals surface area contributed by atoms with Gasteiger partial charge in [-0.1, -0.05) is 0 Å². The van der Waals surface area contributed by atoms with Crippen LogP contribution in [0.25, 0.3) is 11.0 Å². The van der Waals surface area contributed by atoms with E-state index in [1.165, 1.54) is 11.9 Å². The number of aryl methyl sites for hydroxylation is 2. The molecule has 0 aliphatic heterocycles. The van der Waals surface area contributed by atoms with E-state index in [0.29, 0.717) is 12.2 Å². The third kappa shape index (κ3) is 2.09. The Kier molecular flexibility index (Phi) is 3.06. The Labute approximate surface area is 116 Å². The van der Waals surface area contributed by atoms with Crippen molar-refractivity contribution in [3.8, 4) is 0 Å². The summed E-state index contributed by atoms with van der Waals surface area (Å²) < 4.78 is 1.89. The molecule has 0 spiro atoms. The van der Waals surface area contributed by atoms with E-state index in [4.69, 9.17) is 0 Å². The van der Waals surface area contributed by atoms with Crippen LogP contribution in [0.15, 0.2) is 24.7 Å². The van der Waals surface area contributed by atoms with Gasteiger partial charge in [0.1, 0.15) is 12.1 Å². The molecule has 0 amide bonds. The molecule has 6 nitrogen and oxygen atoms in total. The van der Waals surface area contributed by atoms with Crippen LogP contribution in [0.2, 0.25) is 0 Å². The molecule has 0 aromatic carbocycles. The highest BCUT2D eigenvalue weighted by Gasteiger charge is 2.10. The number of nitrogens with zero attached hydrogens (tertiary/aromatic N) is 5. The lowest BCUT2D eigenvalue weighted by molar-refractivity contribution is 0.730. The van der Waals surface area contributed by atoms with Crippen LogP contribution < -0.4 is 5.32 Å². The SMILES string of the molecule is Cc1nn(C)c(C)c1CNc1ncnc2ncccc12. The number of hydrogen-bond donors (Lipinski definition) is 1. The molecule has 0 unspecified atom stereocenters. The molecular formula is C14H16N6. The highest BCUT2D eigenvalue weighted by atomic mass is 15.3. The number of rotatable bonds is 3. The molecule has 3 heterocycles. The first-order valence-electron chi connectivity index (χ1n) is 6.45. The van der Waals surface area contributed by atoms with E-state index in [1.807, 2.05) is 30.8 Å². The van der Waals surface area contributed by atoms with E-state index in [9.17, 15) is 0 Å². The summed E-state index contributed by atoms with van der Waals surface area (Å²) in [5.41, 5.74) is 4.09. The number of pyridine rings is 1. The average Bonchev–Trinajstić information content (AvgIpc) is 2.70. The van der Waals surface area contributed by atoms with Gasteiger partial charge in [0.15, 0.2) is 5.65 Å². The molecule has 0 saturated heterocycles. The van der Waals surface area contributed by atoms with Crippen LogP contribution in [0.3, 0.4) is 0 Å². The topological polar surface area (TPSA) is 68.5 Å². The molecular weight excluding hydrogens is 252 g/mol. The van der Waals surface area contributed by atoms with Crippen molar-refractivity contribution in [1.82, 2.24) is 24.7 Å². The number of fused-ring (bicyclic) bond motifs is 1. The third-order valence-electron chi connectivity index (χ3n) is 3.50. The first-order chi connectivity index (χ1) is 9.66. The van der Waals surface area contributed by atoms with E-state index in [0.717, 1.165) is 22.6 Å². The van der Waals surface area contributed by atoms with Crippen molar-refractivity contribution in [3.63, 3.8) is 0 Å². The summed E-state index contributed by atoms with van der Waals surface area (Å²) in [5.74, 6) is 0.797. The molecule has 0 radical (unpaired) electrons. The Hall–Kier alpha value is -2.50. The summed E-state index contributed by atoms with van der Waals surface area (Å²) in [6.07, 6.45) is 3.26. The van der Waals surface area contributed by atoms with Crippen LogP contribution in [0.1, 0.15) is 17.0 Å².